The molecule has 1 atom stereocenters. The lowest BCUT2D eigenvalue weighted by Crippen LogP contribution is -2.25. The van der Waals surface area contributed by atoms with E-state index in [-0.39, 0.29) is 4.83 Å². The third-order valence-electron chi connectivity index (χ3n) is 2.39. The highest BCUT2D eigenvalue weighted by molar-refractivity contribution is 9.09. The van der Waals surface area contributed by atoms with Crippen molar-refractivity contribution >= 4 is 26.0 Å². The maximum atomic E-state index is 12.0. The average molecular weight is 336 g/mol. The zero-order valence-corrected chi connectivity index (χ0v) is 12.9. The largest absolute Gasteiger partial charge is 0.384 e. The third kappa shape index (κ3) is 4.35. The maximum absolute atomic E-state index is 12.0. The van der Waals surface area contributed by atoms with Crippen LogP contribution >= 0.6 is 15.9 Å². The number of sulfonamides is 1. The normalized spacial score (nSPS) is 13.5. The summed E-state index contributed by atoms with van der Waals surface area (Å²) in [5.41, 5.74) is 0.789. The first-order chi connectivity index (χ1) is 8.51. The standard InChI is InChI=1S/C12H18BrNO3S/c1-3-14-18(15,16)12-7-5-4-6-10(12)8-11(13)9-17-2/h4-7,11,14H,3,8-9H2,1-2H3. The number of alkyl halides is 1. The average Bonchev–Trinajstić information content (AvgIpc) is 2.29. The highest BCUT2D eigenvalue weighted by Gasteiger charge is 2.18. The van der Waals surface area contributed by atoms with Crippen molar-refractivity contribution in [2.24, 2.45) is 0 Å². The lowest BCUT2D eigenvalue weighted by molar-refractivity contribution is 0.200. The SMILES string of the molecule is CCNS(=O)(=O)c1ccccc1CC(Br)COC. The summed E-state index contributed by atoms with van der Waals surface area (Å²) in [4.78, 5) is 0.438. The van der Waals surface area contributed by atoms with E-state index in [0.717, 1.165) is 5.56 Å². The van der Waals surface area contributed by atoms with Crippen LogP contribution in [0.25, 0.3) is 0 Å². The highest BCUT2D eigenvalue weighted by atomic mass is 79.9. The summed E-state index contributed by atoms with van der Waals surface area (Å²) in [6.45, 7) is 2.68. The summed E-state index contributed by atoms with van der Waals surface area (Å²) >= 11 is 3.47. The van der Waals surface area contributed by atoms with E-state index >= 15 is 0 Å². The third-order valence-corrected chi connectivity index (χ3v) is 4.62. The fraction of sp³-hybridized carbons (Fsp3) is 0.500. The van der Waals surface area contributed by atoms with Crippen molar-refractivity contribution in [2.75, 3.05) is 20.3 Å². The molecule has 102 valence electrons. The summed E-state index contributed by atoms with van der Waals surface area (Å²) in [7, 11) is -1.79. The summed E-state index contributed by atoms with van der Waals surface area (Å²) in [6.07, 6.45) is 0.606. The van der Waals surface area contributed by atoms with Gasteiger partial charge in [0.15, 0.2) is 0 Å². The second-order valence-electron chi connectivity index (χ2n) is 3.87. The first-order valence-electron chi connectivity index (χ1n) is 5.71. The topological polar surface area (TPSA) is 55.4 Å². The molecule has 0 aromatic heterocycles. The molecule has 0 aliphatic carbocycles. The van der Waals surface area contributed by atoms with E-state index in [4.69, 9.17) is 4.74 Å². The molecule has 18 heavy (non-hydrogen) atoms. The predicted molar refractivity (Wildman–Crippen MR) is 75.6 cm³/mol. The van der Waals surface area contributed by atoms with Crippen LogP contribution in [0, 0.1) is 0 Å². The number of hydrogen-bond acceptors (Lipinski definition) is 3. The summed E-state index contributed by atoms with van der Waals surface area (Å²) < 4.78 is 31.6. The molecule has 0 aliphatic rings. The van der Waals surface area contributed by atoms with Gasteiger partial charge in [0.05, 0.1) is 11.5 Å². The van der Waals surface area contributed by atoms with Gasteiger partial charge in [0, 0.05) is 18.5 Å². The van der Waals surface area contributed by atoms with Crippen LogP contribution in [0.15, 0.2) is 29.2 Å². The first kappa shape index (κ1) is 15.6. The molecule has 6 heteroatoms. The van der Waals surface area contributed by atoms with Crippen molar-refractivity contribution in [2.45, 2.75) is 23.1 Å². The van der Waals surface area contributed by atoms with Crippen molar-refractivity contribution in [3.8, 4) is 0 Å². The molecule has 1 rings (SSSR count). The van der Waals surface area contributed by atoms with E-state index in [0.29, 0.717) is 24.5 Å². The number of rotatable bonds is 7. The highest BCUT2D eigenvalue weighted by Crippen LogP contribution is 2.19. The van der Waals surface area contributed by atoms with Crippen LogP contribution in [0.5, 0.6) is 0 Å². The van der Waals surface area contributed by atoms with Gasteiger partial charge < -0.3 is 4.74 Å². The minimum absolute atomic E-state index is 0.0977. The molecule has 0 radical (unpaired) electrons. The Morgan fingerprint density at radius 1 is 1.39 bits per heavy atom. The van der Waals surface area contributed by atoms with Crippen molar-refractivity contribution in [1.82, 2.24) is 4.72 Å². The fourth-order valence-electron chi connectivity index (χ4n) is 1.68. The van der Waals surface area contributed by atoms with Gasteiger partial charge in [0.1, 0.15) is 0 Å². The van der Waals surface area contributed by atoms with E-state index in [1.807, 2.05) is 12.1 Å². The molecule has 0 fully saturated rings. The van der Waals surface area contributed by atoms with E-state index in [9.17, 15) is 8.42 Å². The van der Waals surface area contributed by atoms with Crippen molar-refractivity contribution < 1.29 is 13.2 Å². The van der Waals surface area contributed by atoms with Gasteiger partial charge >= 0.3 is 0 Å². The fourth-order valence-corrected chi connectivity index (χ4v) is 3.58. The van der Waals surface area contributed by atoms with Crippen molar-refractivity contribution in [3.63, 3.8) is 0 Å². The van der Waals surface area contributed by atoms with E-state index < -0.39 is 10.0 Å². The number of methoxy groups -OCH3 is 1. The molecular weight excluding hydrogens is 318 g/mol. The van der Waals surface area contributed by atoms with Crippen LogP contribution in [0.1, 0.15) is 12.5 Å². The monoisotopic (exact) mass is 335 g/mol. The minimum atomic E-state index is -3.41. The molecule has 0 amide bonds. The van der Waals surface area contributed by atoms with Crippen LogP contribution in [-0.2, 0) is 21.2 Å². The zero-order chi connectivity index (χ0) is 13.6. The predicted octanol–water partition coefficient (Wildman–Crippen LogP) is 1.94. The number of nitrogens with one attached hydrogen (secondary N) is 1. The Morgan fingerprint density at radius 2 is 2.06 bits per heavy atom. The Kier molecular flexibility index (Phi) is 6.28. The minimum Gasteiger partial charge on any atom is -0.384 e. The number of hydrogen-bond donors (Lipinski definition) is 1. The molecule has 0 saturated heterocycles. The summed E-state index contributed by atoms with van der Waals surface area (Å²) in [6, 6.07) is 7.02. The van der Waals surface area contributed by atoms with Gasteiger partial charge in [-0.15, -0.1) is 0 Å². The second kappa shape index (κ2) is 7.23. The zero-order valence-electron chi connectivity index (χ0n) is 10.5. The Balaban J connectivity index is 3.00. The molecule has 1 aromatic carbocycles. The number of benzene rings is 1. The van der Waals surface area contributed by atoms with Crippen LogP contribution < -0.4 is 4.72 Å². The lowest BCUT2D eigenvalue weighted by Gasteiger charge is -2.13. The first-order valence-corrected chi connectivity index (χ1v) is 8.11. The van der Waals surface area contributed by atoms with Gasteiger partial charge in [0.25, 0.3) is 0 Å². The van der Waals surface area contributed by atoms with E-state index in [2.05, 4.69) is 20.7 Å². The lowest BCUT2D eigenvalue weighted by atomic mass is 10.1. The van der Waals surface area contributed by atoms with Crippen molar-refractivity contribution in [1.29, 1.82) is 0 Å². The molecule has 0 heterocycles. The van der Waals surface area contributed by atoms with E-state index in [1.165, 1.54) is 0 Å². The van der Waals surface area contributed by atoms with Crippen LogP contribution in [0.4, 0.5) is 0 Å². The maximum Gasteiger partial charge on any atom is 0.240 e. The van der Waals surface area contributed by atoms with E-state index in [1.54, 1.807) is 26.2 Å². The Labute approximate surface area is 117 Å². The van der Waals surface area contributed by atoms with Crippen LogP contribution in [0.3, 0.4) is 0 Å². The quantitative estimate of drug-likeness (QED) is 0.774. The molecule has 1 aromatic rings. The second-order valence-corrected chi connectivity index (χ2v) is 6.90. The Hall–Kier alpha value is -0.430. The smallest absolute Gasteiger partial charge is 0.240 e. The Bertz CT molecular complexity index is 476. The van der Waals surface area contributed by atoms with Crippen molar-refractivity contribution in [3.05, 3.63) is 29.8 Å². The van der Waals surface area contributed by atoms with Gasteiger partial charge in [0.2, 0.25) is 10.0 Å². The van der Waals surface area contributed by atoms with Crippen LogP contribution in [-0.4, -0.2) is 33.5 Å². The van der Waals surface area contributed by atoms with Gasteiger partial charge in [-0.3, -0.25) is 0 Å². The number of ether oxygens (including phenoxy) is 1. The van der Waals surface area contributed by atoms with Gasteiger partial charge in [-0.1, -0.05) is 41.1 Å². The Morgan fingerprint density at radius 3 is 2.67 bits per heavy atom. The van der Waals surface area contributed by atoms with Crippen LogP contribution in [0.2, 0.25) is 0 Å². The molecule has 0 spiro atoms. The van der Waals surface area contributed by atoms with Gasteiger partial charge in [-0.25, -0.2) is 13.1 Å². The molecule has 0 saturated carbocycles. The molecule has 1 N–H and O–H groups in total. The summed E-state index contributed by atoms with van der Waals surface area (Å²) in [5.74, 6) is 0. The summed E-state index contributed by atoms with van der Waals surface area (Å²) in [5, 5.41) is 0. The molecule has 4 nitrogen and oxygen atoms in total. The molecule has 0 bridgehead atoms. The van der Waals surface area contributed by atoms with Gasteiger partial charge in [-0.2, -0.15) is 0 Å². The number of halogens is 1. The molecular formula is C12H18BrNO3S. The van der Waals surface area contributed by atoms with Gasteiger partial charge in [-0.05, 0) is 18.1 Å². The molecule has 0 aliphatic heterocycles. The molecule has 1 unspecified atom stereocenters.